The van der Waals surface area contributed by atoms with Gasteiger partial charge in [-0.3, -0.25) is 0 Å². The lowest BCUT2D eigenvalue weighted by Gasteiger charge is -1.94. The van der Waals surface area contributed by atoms with Crippen LogP contribution in [0.25, 0.3) is 11.5 Å². The Hall–Kier alpha value is -2.11. The molecule has 0 aliphatic carbocycles. The van der Waals surface area contributed by atoms with Gasteiger partial charge in [-0.05, 0) is 6.92 Å². The highest BCUT2D eigenvalue weighted by Gasteiger charge is 2.18. The summed E-state index contributed by atoms with van der Waals surface area (Å²) >= 11 is 0. The zero-order valence-electron chi connectivity index (χ0n) is 7.31. The van der Waals surface area contributed by atoms with Crippen molar-refractivity contribution < 1.29 is 14.3 Å². The summed E-state index contributed by atoms with van der Waals surface area (Å²) in [5, 5.41) is 8.80. The third kappa shape index (κ3) is 1.17. The molecule has 2 heterocycles. The molecule has 2 N–H and O–H groups in total. The molecule has 6 heteroatoms. The van der Waals surface area contributed by atoms with E-state index in [1.54, 1.807) is 6.92 Å². The van der Waals surface area contributed by atoms with Crippen molar-refractivity contribution in [1.82, 2.24) is 15.0 Å². The molecule has 0 atom stereocenters. The molecular weight excluding hydrogens is 186 g/mol. The number of hydrogen-bond donors (Lipinski definition) is 2. The Kier molecular flexibility index (Phi) is 1.81. The van der Waals surface area contributed by atoms with Crippen LogP contribution in [0.2, 0.25) is 0 Å². The second kappa shape index (κ2) is 2.99. The van der Waals surface area contributed by atoms with Gasteiger partial charge in [-0.2, -0.15) is 0 Å². The number of aryl methyl sites for hydroxylation is 1. The highest BCUT2D eigenvalue weighted by atomic mass is 16.4. The first kappa shape index (κ1) is 8.49. The number of aromatic carboxylic acids is 1. The zero-order chi connectivity index (χ0) is 10.1. The number of nitrogens with one attached hydrogen (secondary N) is 1. The number of oxazole rings is 1. The lowest BCUT2D eigenvalue weighted by Crippen LogP contribution is -1.99. The van der Waals surface area contributed by atoms with Crippen molar-refractivity contribution in [2.24, 2.45) is 0 Å². The summed E-state index contributed by atoms with van der Waals surface area (Å²) in [4.78, 5) is 21.0. The molecule has 2 rings (SSSR count). The maximum absolute atomic E-state index is 10.7. The molecule has 0 radical (unpaired) electrons. The van der Waals surface area contributed by atoms with E-state index < -0.39 is 5.97 Å². The minimum atomic E-state index is -1.10. The number of nitrogens with zero attached hydrogens (tertiary/aromatic N) is 2. The van der Waals surface area contributed by atoms with E-state index >= 15 is 0 Å². The highest BCUT2D eigenvalue weighted by molar-refractivity contribution is 5.92. The third-order valence-electron chi connectivity index (χ3n) is 1.81. The zero-order valence-corrected chi connectivity index (χ0v) is 7.31. The van der Waals surface area contributed by atoms with Gasteiger partial charge in [0.1, 0.15) is 5.69 Å². The summed E-state index contributed by atoms with van der Waals surface area (Å²) in [6.45, 7) is 1.73. The number of H-pyrrole nitrogens is 1. The minimum absolute atomic E-state index is 0.0650. The summed E-state index contributed by atoms with van der Waals surface area (Å²) in [5.41, 5.74) is 0.897. The normalized spacial score (nSPS) is 10.4. The van der Waals surface area contributed by atoms with Crippen LogP contribution >= 0.6 is 0 Å². The first-order valence-electron chi connectivity index (χ1n) is 3.87. The Balaban J connectivity index is 2.57. The predicted octanol–water partition coefficient (Wildman–Crippen LogP) is 1.07. The van der Waals surface area contributed by atoms with Gasteiger partial charge in [0, 0.05) is 0 Å². The molecule has 0 aromatic carbocycles. The molecule has 14 heavy (non-hydrogen) atoms. The van der Waals surface area contributed by atoms with Crippen molar-refractivity contribution in [3.63, 3.8) is 0 Å². The molecule has 2 aromatic rings. The average molecular weight is 193 g/mol. The molecule has 0 amide bonds. The SMILES string of the molecule is Cc1ncoc1-c1[nH]cnc1C(=O)O. The second-order valence-electron chi connectivity index (χ2n) is 2.70. The van der Waals surface area contributed by atoms with E-state index in [-0.39, 0.29) is 5.69 Å². The van der Waals surface area contributed by atoms with Crippen molar-refractivity contribution in [3.8, 4) is 11.5 Å². The van der Waals surface area contributed by atoms with Crippen LogP contribution in [0.4, 0.5) is 0 Å². The van der Waals surface area contributed by atoms with Crippen LogP contribution in [0, 0.1) is 6.92 Å². The van der Waals surface area contributed by atoms with Crippen LogP contribution < -0.4 is 0 Å². The maximum Gasteiger partial charge on any atom is 0.356 e. The van der Waals surface area contributed by atoms with E-state index in [2.05, 4.69) is 15.0 Å². The van der Waals surface area contributed by atoms with Gasteiger partial charge in [-0.15, -0.1) is 0 Å². The molecule has 0 spiro atoms. The van der Waals surface area contributed by atoms with Crippen LogP contribution in [0.15, 0.2) is 17.1 Å². The fourth-order valence-corrected chi connectivity index (χ4v) is 1.17. The van der Waals surface area contributed by atoms with E-state index in [1.807, 2.05) is 0 Å². The first-order chi connectivity index (χ1) is 6.70. The largest absolute Gasteiger partial charge is 0.476 e. The lowest BCUT2D eigenvalue weighted by molar-refractivity contribution is 0.0692. The monoisotopic (exact) mass is 193 g/mol. The van der Waals surface area contributed by atoms with Crippen LogP contribution in [-0.4, -0.2) is 26.0 Å². The Labute approximate surface area is 78.6 Å². The topological polar surface area (TPSA) is 92.0 Å². The van der Waals surface area contributed by atoms with Gasteiger partial charge in [0.15, 0.2) is 17.8 Å². The number of aromatic nitrogens is 3. The summed E-state index contributed by atoms with van der Waals surface area (Å²) in [5.74, 6) is -0.697. The number of carboxylic acids is 1. The summed E-state index contributed by atoms with van der Waals surface area (Å²) < 4.78 is 5.05. The van der Waals surface area contributed by atoms with Gasteiger partial charge in [0.2, 0.25) is 0 Å². The number of carboxylic acid groups (broad SMARTS) is 1. The Bertz CT molecular complexity index is 472. The summed E-state index contributed by atoms with van der Waals surface area (Å²) in [7, 11) is 0. The van der Waals surface area contributed by atoms with E-state index in [0.29, 0.717) is 17.1 Å². The van der Waals surface area contributed by atoms with Crippen molar-refractivity contribution >= 4 is 5.97 Å². The fraction of sp³-hybridized carbons (Fsp3) is 0.125. The van der Waals surface area contributed by atoms with E-state index in [0.717, 1.165) is 0 Å². The van der Waals surface area contributed by atoms with Crippen LogP contribution in [0.3, 0.4) is 0 Å². The number of rotatable bonds is 2. The molecule has 0 fully saturated rings. The van der Waals surface area contributed by atoms with Gasteiger partial charge < -0.3 is 14.5 Å². The lowest BCUT2D eigenvalue weighted by atomic mass is 10.2. The molecule has 6 nitrogen and oxygen atoms in total. The van der Waals surface area contributed by atoms with E-state index in [4.69, 9.17) is 9.52 Å². The molecule has 72 valence electrons. The van der Waals surface area contributed by atoms with Gasteiger partial charge >= 0.3 is 5.97 Å². The van der Waals surface area contributed by atoms with Crippen LogP contribution in [-0.2, 0) is 0 Å². The van der Waals surface area contributed by atoms with Gasteiger partial charge in [0.05, 0.1) is 12.0 Å². The number of aromatic amines is 1. The Morgan fingerprint density at radius 3 is 2.93 bits per heavy atom. The van der Waals surface area contributed by atoms with Crippen LogP contribution in [0.5, 0.6) is 0 Å². The predicted molar refractivity (Wildman–Crippen MR) is 45.8 cm³/mol. The van der Waals surface area contributed by atoms with Crippen molar-refractivity contribution in [2.75, 3.05) is 0 Å². The molecule has 0 bridgehead atoms. The average Bonchev–Trinajstić information content (AvgIpc) is 2.70. The Morgan fingerprint density at radius 2 is 2.36 bits per heavy atom. The molecule has 0 unspecified atom stereocenters. The van der Waals surface area contributed by atoms with Gasteiger partial charge in [-0.25, -0.2) is 14.8 Å². The second-order valence-corrected chi connectivity index (χ2v) is 2.70. The summed E-state index contributed by atoms with van der Waals surface area (Å²) in [6, 6.07) is 0. The fourth-order valence-electron chi connectivity index (χ4n) is 1.17. The van der Waals surface area contributed by atoms with Gasteiger partial charge in [0.25, 0.3) is 0 Å². The van der Waals surface area contributed by atoms with Gasteiger partial charge in [-0.1, -0.05) is 0 Å². The van der Waals surface area contributed by atoms with E-state index in [1.165, 1.54) is 12.7 Å². The molecular formula is C8H7N3O3. The Morgan fingerprint density at radius 1 is 1.57 bits per heavy atom. The number of imidazole rings is 1. The minimum Gasteiger partial charge on any atom is -0.476 e. The quantitative estimate of drug-likeness (QED) is 0.744. The molecule has 0 aliphatic heterocycles. The summed E-state index contributed by atoms with van der Waals surface area (Å²) in [6.07, 6.45) is 2.57. The number of hydrogen-bond acceptors (Lipinski definition) is 4. The highest BCUT2D eigenvalue weighted by Crippen LogP contribution is 2.22. The third-order valence-corrected chi connectivity index (χ3v) is 1.81. The molecule has 0 saturated carbocycles. The van der Waals surface area contributed by atoms with Crippen molar-refractivity contribution in [2.45, 2.75) is 6.92 Å². The van der Waals surface area contributed by atoms with E-state index in [9.17, 15) is 4.79 Å². The maximum atomic E-state index is 10.7. The van der Waals surface area contributed by atoms with Crippen molar-refractivity contribution in [1.29, 1.82) is 0 Å². The molecule has 0 aliphatic rings. The number of carbonyl (C=O) groups is 1. The van der Waals surface area contributed by atoms with Crippen LogP contribution in [0.1, 0.15) is 16.2 Å². The standard InChI is InChI=1S/C8H7N3O3/c1-4-7(14-3-11-4)5-6(8(12)13)10-2-9-5/h2-3H,1H3,(H,9,10)(H,12,13). The smallest absolute Gasteiger partial charge is 0.356 e. The molecule has 2 aromatic heterocycles. The van der Waals surface area contributed by atoms with Crippen molar-refractivity contribution in [3.05, 3.63) is 24.1 Å². The first-order valence-corrected chi connectivity index (χ1v) is 3.87. The molecule has 0 saturated heterocycles.